The molecule has 0 unspecified atom stereocenters. The molecule has 1 saturated carbocycles. The molecule has 4 aliphatic rings. The van der Waals surface area contributed by atoms with E-state index in [2.05, 4.69) is 11.9 Å². The Kier molecular flexibility index (Phi) is 2.07. The number of likely N-dealkylation sites (N-methyl/N-ethyl adjacent to an activating group) is 1. The van der Waals surface area contributed by atoms with Crippen LogP contribution in [0.2, 0.25) is 0 Å². The summed E-state index contributed by atoms with van der Waals surface area (Å²) in [4.78, 5) is 14.9. The molecule has 5 rings (SSSR count). The highest BCUT2D eigenvalue weighted by Gasteiger charge is 2.65. The first kappa shape index (κ1) is 12.0. The van der Waals surface area contributed by atoms with Crippen LogP contribution in [0, 0.1) is 5.92 Å². The Labute approximate surface area is 123 Å². The first-order valence-electron chi connectivity index (χ1n) is 7.88. The van der Waals surface area contributed by atoms with Gasteiger partial charge in [-0.05, 0) is 50.4 Å². The van der Waals surface area contributed by atoms with Gasteiger partial charge in [-0.25, -0.2) is 0 Å². The summed E-state index contributed by atoms with van der Waals surface area (Å²) < 4.78 is 6.04. The Morgan fingerprint density at radius 3 is 3.14 bits per heavy atom. The summed E-state index contributed by atoms with van der Waals surface area (Å²) in [5.41, 5.74) is 2.26. The molecule has 0 aromatic heterocycles. The summed E-state index contributed by atoms with van der Waals surface area (Å²) in [5.74, 6) is 1.50. The first-order valence-corrected chi connectivity index (χ1v) is 7.88. The lowest BCUT2D eigenvalue weighted by Gasteiger charge is -2.57. The average molecular weight is 285 g/mol. The minimum Gasteiger partial charge on any atom is -0.504 e. The van der Waals surface area contributed by atoms with Gasteiger partial charge in [-0.15, -0.1) is 0 Å². The molecule has 0 radical (unpaired) electrons. The predicted molar refractivity (Wildman–Crippen MR) is 76.7 cm³/mol. The van der Waals surface area contributed by atoms with Gasteiger partial charge in [-0.3, -0.25) is 4.79 Å². The Morgan fingerprint density at radius 2 is 2.29 bits per heavy atom. The number of piperidine rings is 1. The molecule has 2 fully saturated rings. The normalized spacial score (nSPS) is 39.9. The van der Waals surface area contributed by atoms with Gasteiger partial charge in [0.1, 0.15) is 0 Å². The second kappa shape index (κ2) is 3.61. The Balaban J connectivity index is 1.83. The fourth-order valence-corrected chi connectivity index (χ4v) is 5.52. The van der Waals surface area contributed by atoms with Crippen molar-refractivity contribution in [2.24, 2.45) is 5.92 Å². The van der Waals surface area contributed by atoms with E-state index >= 15 is 0 Å². The van der Waals surface area contributed by atoms with Gasteiger partial charge in [0, 0.05) is 23.4 Å². The third-order valence-electron chi connectivity index (χ3n) is 6.39. The van der Waals surface area contributed by atoms with Gasteiger partial charge in [0.15, 0.2) is 23.4 Å². The van der Waals surface area contributed by atoms with E-state index in [4.69, 9.17) is 4.74 Å². The van der Waals surface area contributed by atoms with Gasteiger partial charge in [-0.1, -0.05) is 6.07 Å². The van der Waals surface area contributed by atoms with Crippen LogP contribution in [-0.4, -0.2) is 41.5 Å². The molecule has 1 N–H and O–H groups in total. The predicted octanol–water partition coefficient (Wildman–Crippen LogP) is 1.63. The van der Waals surface area contributed by atoms with Crippen molar-refractivity contribution < 1.29 is 14.6 Å². The molecule has 4 atom stereocenters. The highest BCUT2D eigenvalue weighted by molar-refractivity contribution is 5.89. The third kappa shape index (κ3) is 1.20. The van der Waals surface area contributed by atoms with E-state index in [1.54, 1.807) is 6.07 Å². The SMILES string of the molecule is CN1CC[C@@]23c4c5ccc(O)c4O[C@@H]2C(=O)CC[C@@H]3[C@@H]1C5. The van der Waals surface area contributed by atoms with Crippen molar-refractivity contribution in [3.05, 3.63) is 23.3 Å². The van der Waals surface area contributed by atoms with Crippen molar-refractivity contribution in [2.45, 2.75) is 43.2 Å². The van der Waals surface area contributed by atoms with E-state index in [1.807, 2.05) is 6.07 Å². The zero-order valence-corrected chi connectivity index (χ0v) is 12.1. The van der Waals surface area contributed by atoms with Crippen LogP contribution in [-0.2, 0) is 16.6 Å². The molecule has 4 heteroatoms. The standard InChI is InChI=1S/C17H19NO3/c1-18-7-6-17-10-3-5-13(20)16(17)21-15-12(19)4-2-9(14(15)17)8-11(10)18/h2,4,10-11,16,19H,3,5-8H2,1H3/t10-,11+,16-,17-/m1/s1. The van der Waals surface area contributed by atoms with Crippen molar-refractivity contribution in [3.8, 4) is 11.5 Å². The second-order valence-corrected chi connectivity index (χ2v) is 7.10. The fraction of sp³-hybridized carbons (Fsp3) is 0.588. The number of ether oxygens (including phenoxy) is 1. The van der Waals surface area contributed by atoms with Crippen LogP contribution in [0.3, 0.4) is 0 Å². The molecular formula is C17H19NO3. The molecule has 4 nitrogen and oxygen atoms in total. The lowest BCUT2D eigenvalue weighted by Crippen LogP contribution is -2.65. The number of phenols is 1. The minimum atomic E-state index is -0.366. The number of phenolic OH excluding ortho intramolecular Hbond substituents is 1. The van der Waals surface area contributed by atoms with Gasteiger partial charge in [0.25, 0.3) is 0 Å². The number of nitrogens with zero attached hydrogens (tertiary/aromatic N) is 1. The maximum Gasteiger partial charge on any atom is 0.174 e. The lowest BCUT2D eigenvalue weighted by molar-refractivity contribution is -0.138. The molecule has 2 aliphatic heterocycles. The number of Topliss-reactive ketones (excluding diaryl/α,β-unsaturated/α-hetero) is 1. The Morgan fingerprint density at radius 1 is 1.43 bits per heavy atom. The number of hydrogen-bond donors (Lipinski definition) is 1. The Hall–Kier alpha value is -1.55. The van der Waals surface area contributed by atoms with Crippen LogP contribution in [0.5, 0.6) is 11.5 Å². The van der Waals surface area contributed by atoms with Gasteiger partial charge in [0.2, 0.25) is 0 Å². The number of carbonyl (C=O) groups excluding carboxylic acids is 1. The quantitative estimate of drug-likeness (QED) is 0.787. The van der Waals surface area contributed by atoms with Crippen LogP contribution in [0.1, 0.15) is 30.4 Å². The van der Waals surface area contributed by atoms with Gasteiger partial charge in [0.05, 0.1) is 0 Å². The van der Waals surface area contributed by atoms with E-state index in [0.717, 1.165) is 31.4 Å². The number of benzene rings is 1. The first-order chi connectivity index (χ1) is 10.1. The van der Waals surface area contributed by atoms with Crippen molar-refractivity contribution in [1.82, 2.24) is 4.90 Å². The van der Waals surface area contributed by atoms with Crippen LogP contribution in [0.4, 0.5) is 0 Å². The average Bonchev–Trinajstić information content (AvgIpc) is 2.83. The maximum absolute atomic E-state index is 12.5. The fourth-order valence-electron chi connectivity index (χ4n) is 5.52. The summed E-state index contributed by atoms with van der Waals surface area (Å²) in [6.07, 6.45) is 3.18. The third-order valence-corrected chi connectivity index (χ3v) is 6.39. The monoisotopic (exact) mass is 285 g/mol. The number of rotatable bonds is 0. The number of likely N-dealkylation sites (tertiary alicyclic amines) is 1. The molecule has 2 heterocycles. The highest BCUT2D eigenvalue weighted by Crippen LogP contribution is 2.62. The van der Waals surface area contributed by atoms with Gasteiger partial charge in [-0.2, -0.15) is 0 Å². The molecule has 0 amide bonds. The van der Waals surface area contributed by atoms with E-state index in [1.165, 1.54) is 5.56 Å². The van der Waals surface area contributed by atoms with Crippen molar-refractivity contribution in [3.63, 3.8) is 0 Å². The van der Waals surface area contributed by atoms with E-state index < -0.39 is 0 Å². The molecule has 2 aliphatic carbocycles. The van der Waals surface area contributed by atoms with Gasteiger partial charge >= 0.3 is 0 Å². The molecule has 1 aromatic rings. The number of hydrogen-bond acceptors (Lipinski definition) is 4. The van der Waals surface area contributed by atoms with E-state index in [0.29, 0.717) is 24.1 Å². The van der Waals surface area contributed by atoms with E-state index in [9.17, 15) is 9.90 Å². The number of ketones is 1. The maximum atomic E-state index is 12.5. The molecule has 110 valence electrons. The van der Waals surface area contributed by atoms with Crippen molar-refractivity contribution >= 4 is 5.78 Å². The zero-order chi connectivity index (χ0) is 14.4. The Bertz CT molecular complexity index is 670. The molecule has 1 aromatic carbocycles. The highest BCUT2D eigenvalue weighted by atomic mass is 16.5. The summed E-state index contributed by atoms with van der Waals surface area (Å²) >= 11 is 0. The summed E-state index contributed by atoms with van der Waals surface area (Å²) in [6.45, 7) is 1.00. The lowest BCUT2D eigenvalue weighted by atomic mass is 9.52. The molecule has 2 bridgehead atoms. The molecule has 21 heavy (non-hydrogen) atoms. The van der Waals surface area contributed by atoms with Crippen LogP contribution >= 0.6 is 0 Å². The molecule has 1 spiro atoms. The number of carbonyl (C=O) groups is 1. The summed E-state index contributed by atoms with van der Waals surface area (Å²) in [5, 5.41) is 10.2. The molecule has 1 saturated heterocycles. The zero-order valence-electron chi connectivity index (χ0n) is 12.1. The topological polar surface area (TPSA) is 49.8 Å². The largest absolute Gasteiger partial charge is 0.504 e. The summed E-state index contributed by atoms with van der Waals surface area (Å²) in [7, 11) is 2.20. The van der Waals surface area contributed by atoms with Crippen LogP contribution in [0.25, 0.3) is 0 Å². The smallest absolute Gasteiger partial charge is 0.174 e. The number of aromatic hydroxyl groups is 1. The van der Waals surface area contributed by atoms with Crippen molar-refractivity contribution in [2.75, 3.05) is 13.6 Å². The van der Waals surface area contributed by atoms with Gasteiger partial charge < -0.3 is 14.7 Å². The van der Waals surface area contributed by atoms with E-state index in [-0.39, 0.29) is 23.1 Å². The van der Waals surface area contributed by atoms with Crippen LogP contribution < -0.4 is 4.74 Å². The second-order valence-electron chi connectivity index (χ2n) is 7.10. The van der Waals surface area contributed by atoms with Crippen molar-refractivity contribution in [1.29, 1.82) is 0 Å². The molecular weight excluding hydrogens is 266 g/mol. The minimum absolute atomic E-state index is 0.172. The van der Waals surface area contributed by atoms with Crippen LogP contribution in [0.15, 0.2) is 12.1 Å². The summed E-state index contributed by atoms with van der Waals surface area (Å²) in [6, 6.07) is 4.26.